The minimum absolute atomic E-state index is 0.139. The first-order valence-corrected chi connectivity index (χ1v) is 10.9. The fourth-order valence-corrected chi connectivity index (χ4v) is 7.57. The number of hydrogen-bond donors (Lipinski definition) is 0. The molecular weight excluding hydrogens is 328 g/mol. The van der Waals surface area contributed by atoms with Gasteiger partial charge in [0.1, 0.15) is 5.78 Å². The smallest absolute Gasteiger partial charge is 0.140 e. The predicted octanol–water partition coefficient (Wildman–Crippen LogP) is 6.92. The third kappa shape index (κ3) is 3.12. The molecule has 3 saturated carbocycles. The lowest BCUT2D eigenvalue weighted by molar-refractivity contribution is -0.129. The molecule has 0 spiro atoms. The van der Waals surface area contributed by atoms with Crippen LogP contribution in [0.2, 0.25) is 0 Å². The molecule has 0 N–H and O–H groups in total. The molecule has 148 valence electrons. The van der Waals surface area contributed by atoms with Crippen LogP contribution in [0.5, 0.6) is 0 Å². The molecule has 3 aliphatic carbocycles. The van der Waals surface area contributed by atoms with Gasteiger partial charge in [-0.2, -0.15) is 0 Å². The molecule has 3 aliphatic rings. The van der Waals surface area contributed by atoms with Crippen molar-refractivity contribution in [3.63, 3.8) is 0 Å². The quantitative estimate of drug-likeness (QED) is 0.482. The van der Waals surface area contributed by atoms with Crippen LogP contribution in [0, 0.1) is 40.4 Å². The Hall–Kier alpha value is -1.37. The summed E-state index contributed by atoms with van der Waals surface area (Å²) in [6.45, 7) is 17.1. The highest BCUT2D eigenvalue weighted by atomic mass is 16.1. The predicted molar refractivity (Wildman–Crippen MR) is 115 cm³/mol. The fraction of sp³-hybridized carbons (Fsp3) is 0.654. The van der Waals surface area contributed by atoms with E-state index in [4.69, 9.17) is 0 Å². The minimum atomic E-state index is 0.139. The second-order valence-electron chi connectivity index (χ2n) is 9.82. The van der Waals surface area contributed by atoms with Crippen LogP contribution >= 0.6 is 0 Å². The van der Waals surface area contributed by atoms with E-state index in [0.717, 1.165) is 5.92 Å². The maximum absolute atomic E-state index is 12.9. The van der Waals surface area contributed by atoms with Crippen LogP contribution in [0.15, 0.2) is 49.1 Å². The second-order valence-corrected chi connectivity index (χ2v) is 9.82. The Labute approximate surface area is 166 Å². The zero-order chi connectivity index (χ0) is 19.8. The molecule has 0 saturated heterocycles. The zero-order valence-corrected chi connectivity index (χ0v) is 17.8. The summed E-state index contributed by atoms with van der Waals surface area (Å²) in [6.07, 6.45) is 17.3. The van der Waals surface area contributed by atoms with Gasteiger partial charge in [-0.1, -0.05) is 63.3 Å². The van der Waals surface area contributed by atoms with E-state index in [1.54, 1.807) is 11.6 Å². The van der Waals surface area contributed by atoms with Crippen LogP contribution in [0.4, 0.5) is 0 Å². The Bertz CT molecular complexity index is 668. The van der Waals surface area contributed by atoms with Crippen LogP contribution in [-0.2, 0) is 4.79 Å². The van der Waals surface area contributed by atoms with Gasteiger partial charge in [-0.3, -0.25) is 4.79 Å². The van der Waals surface area contributed by atoms with Crippen LogP contribution < -0.4 is 0 Å². The summed E-state index contributed by atoms with van der Waals surface area (Å²) in [5.41, 5.74) is 1.86. The number of fused-ring (bicyclic) bond motifs is 3. The summed E-state index contributed by atoms with van der Waals surface area (Å²) in [5.74, 6) is 3.26. The first-order valence-electron chi connectivity index (χ1n) is 10.9. The van der Waals surface area contributed by atoms with Crippen molar-refractivity contribution in [3.8, 4) is 0 Å². The van der Waals surface area contributed by atoms with Gasteiger partial charge >= 0.3 is 0 Å². The average Bonchev–Trinajstić information content (AvgIpc) is 2.88. The number of rotatable bonds is 5. The first-order chi connectivity index (χ1) is 12.8. The average molecular weight is 367 g/mol. The minimum Gasteiger partial charge on any atom is -0.299 e. The molecule has 7 unspecified atom stereocenters. The summed E-state index contributed by atoms with van der Waals surface area (Å²) in [6, 6.07) is 0. The third-order valence-electron chi connectivity index (χ3n) is 8.51. The SMILES string of the molecule is C=C/C=C1/CCC2C(CCC3(C)C2CC(C)C3C(=O)CC=C)C1(C)/C=C\C. The van der Waals surface area contributed by atoms with Crippen molar-refractivity contribution >= 4 is 5.78 Å². The van der Waals surface area contributed by atoms with E-state index < -0.39 is 0 Å². The molecule has 7 atom stereocenters. The lowest BCUT2D eigenvalue weighted by atomic mass is 9.48. The molecule has 0 radical (unpaired) electrons. The molecular formula is C26H38O. The van der Waals surface area contributed by atoms with Crippen molar-refractivity contribution in [2.75, 3.05) is 0 Å². The van der Waals surface area contributed by atoms with Gasteiger partial charge in [-0.15, -0.1) is 6.58 Å². The highest BCUT2D eigenvalue weighted by Gasteiger charge is 2.61. The van der Waals surface area contributed by atoms with Gasteiger partial charge in [0, 0.05) is 17.8 Å². The summed E-state index contributed by atoms with van der Waals surface area (Å²) in [4.78, 5) is 12.9. The van der Waals surface area contributed by atoms with Crippen LogP contribution in [0.25, 0.3) is 0 Å². The van der Waals surface area contributed by atoms with E-state index in [2.05, 4.69) is 59.1 Å². The summed E-state index contributed by atoms with van der Waals surface area (Å²) < 4.78 is 0. The molecule has 1 nitrogen and oxygen atoms in total. The lowest BCUT2D eigenvalue weighted by Gasteiger charge is -2.56. The van der Waals surface area contributed by atoms with Gasteiger partial charge in [0.2, 0.25) is 0 Å². The molecule has 27 heavy (non-hydrogen) atoms. The van der Waals surface area contributed by atoms with Gasteiger partial charge in [0.15, 0.2) is 0 Å². The largest absolute Gasteiger partial charge is 0.299 e. The van der Waals surface area contributed by atoms with Crippen molar-refractivity contribution in [1.29, 1.82) is 0 Å². The number of allylic oxidation sites excluding steroid dienone is 6. The van der Waals surface area contributed by atoms with Crippen molar-refractivity contribution in [2.45, 2.75) is 66.2 Å². The van der Waals surface area contributed by atoms with Gasteiger partial charge in [0.05, 0.1) is 0 Å². The molecule has 0 amide bonds. The van der Waals surface area contributed by atoms with Gasteiger partial charge in [-0.05, 0) is 68.1 Å². The topological polar surface area (TPSA) is 17.1 Å². The van der Waals surface area contributed by atoms with E-state index >= 15 is 0 Å². The molecule has 0 aromatic carbocycles. The van der Waals surface area contributed by atoms with E-state index in [0.29, 0.717) is 30.0 Å². The molecule has 0 aromatic heterocycles. The van der Waals surface area contributed by atoms with Gasteiger partial charge in [0.25, 0.3) is 0 Å². The van der Waals surface area contributed by atoms with E-state index in [1.165, 1.54) is 32.1 Å². The highest BCUT2D eigenvalue weighted by Crippen LogP contribution is 2.67. The number of ketones is 1. The second kappa shape index (κ2) is 7.57. The molecule has 3 fully saturated rings. The molecule has 3 rings (SSSR count). The molecule has 0 aliphatic heterocycles. The summed E-state index contributed by atoms with van der Waals surface area (Å²) >= 11 is 0. The number of carbonyl (C=O) groups excluding carboxylic acids is 1. The maximum Gasteiger partial charge on any atom is 0.140 e. The Morgan fingerprint density at radius 1 is 1.22 bits per heavy atom. The van der Waals surface area contributed by atoms with E-state index in [-0.39, 0.29) is 16.7 Å². The Morgan fingerprint density at radius 3 is 2.59 bits per heavy atom. The van der Waals surface area contributed by atoms with Crippen LogP contribution in [-0.4, -0.2) is 5.78 Å². The normalized spacial score (nSPS) is 45.5. The van der Waals surface area contributed by atoms with Gasteiger partial charge in [-0.25, -0.2) is 0 Å². The Morgan fingerprint density at radius 2 is 1.96 bits per heavy atom. The number of hydrogen-bond acceptors (Lipinski definition) is 1. The summed E-state index contributed by atoms with van der Waals surface area (Å²) in [5, 5.41) is 0. The third-order valence-corrected chi connectivity index (χ3v) is 8.51. The van der Waals surface area contributed by atoms with Crippen molar-refractivity contribution in [1.82, 2.24) is 0 Å². The Kier molecular flexibility index (Phi) is 5.71. The standard InChI is InChI=1S/C26H38O/c1-7-10-19-12-13-20-21(25(19,5)15-9-3)14-16-26(6)22(20)17-18(4)24(26)23(27)11-8-2/h7-10,15,18,20-22,24H,1-2,11-14,16-17H2,3-6H3/b15-9-,19-10-. The van der Waals surface area contributed by atoms with Crippen LogP contribution in [0.1, 0.15) is 66.2 Å². The zero-order valence-electron chi connectivity index (χ0n) is 17.8. The molecule has 0 bridgehead atoms. The summed E-state index contributed by atoms with van der Waals surface area (Å²) in [7, 11) is 0. The monoisotopic (exact) mass is 366 g/mol. The van der Waals surface area contributed by atoms with E-state index in [1.807, 2.05) is 6.08 Å². The highest BCUT2D eigenvalue weighted by molar-refractivity contribution is 5.83. The molecule has 0 aromatic rings. The first kappa shape index (κ1) is 20.4. The van der Waals surface area contributed by atoms with Crippen molar-refractivity contribution < 1.29 is 4.79 Å². The lowest BCUT2D eigenvalue weighted by Crippen LogP contribution is -2.50. The number of carbonyl (C=O) groups is 1. The molecule has 1 heteroatoms. The fourth-order valence-electron chi connectivity index (χ4n) is 7.57. The van der Waals surface area contributed by atoms with Crippen molar-refractivity contribution in [3.05, 3.63) is 49.1 Å². The Balaban J connectivity index is 1.96. The van der Waals surface area contributed by atoms with E-state index in [9.17, 15) is 4.79 Å². The van der Waals surface area contributed by atoms with Gasteiger partial charge < -0.3 is 0 Å². The number of Topliss-reactive ketones (excluding diaryl/α,β-unsaturated/α-hetero) is 1. The van der Waals surface area contributed by atoms with Crippen molar-refractivity contribution in [2.24, 2.45) is 40.4 Å². The maximum atomic E-state index is 12.9. The molecule has 0 heterocycles. The van der Waals surface area contributed by atoms with Crippen LogP contribution in [0.3, 0.4) is 0 Å².